The van der Waals surface area contributed by atoms with Crippen molar-refractivity contribution in [3.8, 4) is 0 Å². The van der Waals surface area contributed by atoms with Gasteiger partial charge >= 0.3 is 0 Å². The van der Waals surface area contributed by atoms with E-state index in [0.717, 1.165) is 12.2 Å². The third-order valence-electron chi connectivity index (χ3n) is 2.92. The lowest BCUT2D eigenvalue weighted by atomic mass is 9.97. The number of carbonyl (C=O) groups is 2. The highest BCUT2D eigenvalue weighted by molar-refractivity contribution is 6.34. The summed E-state index contributed by atoms with van der Waals surface area (Å²) in [6, 6.07) is 6.76. The van der Waals surface area contributed by atoms with Gasteiger partial charge in [0.05, 0.1) is 10.9 Å². The molecule has 0 spiro atoms. The van der Waals surface area contributed by atoms with Crippen molar-refractivity contribution in [3.05, 3.63) is 64.5 Å². The van der Waals surface area contributed by atoms with Crippen LogP contribution in [0.1, 0.15) is 5.56 Å². The van der Waals surface area contributed by atoms with E-state index >= 15 is 0 Å². The van der Waals surface area contributed by atoms with Gasteiger partial charge in [-0.2, -0.15) is 0 Å². The molecule has 1 aromatic carbocycles. The Kier molecular flexibility index (Phi) is 2.49. The van der Waals surface area contributed by atoms with Gasteiger partial charge in [-0.1, -0.05) is 12.1 Å². The van der Waals surface area contributed by atoms with Crippen molar-refractivity contribution >= 4 is 28.1 Å². The minimum absolute atomic E-state index is 0.0759. The summed E-state index contributed by atoms with van der Waals surface area (Å²) in [7, 11) is 0. The molecule has 4 heteroatoms. The van der Waals surface area contributed by atoms with Gasteiger partial charge in [-0.05, 0) is 30.4 Å². The Labute approximate surface area is 107 Å². The summed E-state index contributed by atoms with van der Waals surface area (Å²) in [4.78, 5) is 35.4. The number of benzene rings is 1. The number of ketones is 2. The Morgan fingerprint density at radius 3 is 2.58 bits per heavy atom. The molecule has 1 heterocycles. The number of hydrogen-bond acceptors (Lipinski definition) is 4. The highest BCUT2D eigenvalue weighted by Crippen LogP contribution is 2.19. The van der Waals surface area contributed by atoms with E-state index in [1.165, 1.54) is 12.3 Å². The lowest BCUT2D eigenvalue weighted by Gasteiger charge is -2.06. The molecule has 0 bridgehead atoms. The molecule has 4 nitrogen and oxygen atoms in total. The fourth-order valence-corrected chi connectivity index (χ4v) is 1.98. The van der Waals surface area contributed by atoms with Crippen molar-refractivity contribution < 1.29 is 14.0 Å². The molecule has 92 valence electrons. The predicted molar refractivity (Wildman–Crippen MR) is 69.6 cm³/mol. The van der Waals surface area contributed by atoms with Gasteiger partial charge in [0.1, 0.15) is 11.8 Å². The molecule has 0 saturated carbocycles. The van der Waals surface area contributed by atoms with Crippen molar-refractivity contribution in [2.45, 2.75) is 0 Å². The number of para-hydroxylation sites is 1. The van der Waals surface area contributed by atoms with Crippen LogP contribution in [0.2, 0.25) is 0 Å². The highest BCUT2D eigenvalue weighted by atomic mass is 16.3. The maximum Gasteiger partial charge on any atom is 0.200 e. The van der Waals surface area contributed by atoms with Crippen molar-refractivity contribution in [2.24, 2.45) is 0 Å². The van der Waals surface area contributed by atoms with Crippen molar-refractivity contribution in [1.29, 1.82) is 0 Å². The average molecular weight is 252 g/mol. The van der Waals surface area contributed by atoms with Crippen molar-refractivity contribution in [2.75, 3.05) is 0 Å². The lowest BCUT2D eigenvalue weighted by Crippen LogP contribution is -2.15. The quantitative estimate of drug-likeness (QED) is 0.727. The van der Waals surface area contributed by atoms with Gasteiger partial charge in [0.15, 0.2) is 11.6 Å². The molecule has 0 unspecified atom stereocenters. The molecule has 2 aromatic rings. The lowest BCUT2D eigenvalue weighted by molar-refractivity contribution is -0.113. The van der Waals surface area contributed by atoms with Crippen LogP contribution in [0.5, 0.6) is 0 Å². The third kappa shape index (κ3) is 1.83. The molecule has 3 rings (SSSR count). The molecule has 0 N–H and O–H groups in total. The second-order valence-electron chi connectivity index (χ2n) is 4.13. The Morgan fingerprint density at radius 2 is 1.74 bits per heavy atom. The highest BCUT2D eigenvalue weighted by Gasteiger charge is 2.19. The van der Waals surface area contributed by atoms with Gasteiger partial charge in [0.25, 0.3) is 0 Å². The normalized spacial score (nSPS) is 14.8. The second kappa shape index (κ2) is 4.17. The van der Waals surface area contributed by atoms with Crippen molar-refractivity contribution in [1.82, 2.24) is 0 Å². The first-order valence-electron chi connectivity index (χ1n) is 5.66. The zero-order valence-electron chi connectivity index (χ0n) is 9.75. The average Bonchev–Trinajstić information content (AvgIpc) is 2.43. The van der Waals surface area contributed by atoms with Crippen LogP contribution in [0.4, 0.5) is 0 Å². The van der Waals surface area contributed by atoms with Crippen LogP contribution < -0.4 is 5.43 Å². The summed E-state index contributed by atoms with van der Waals surface area (Å²) < 4.78 is 5.33. The maximum atomic E-state index is 12.3. The molecular formula is C15H8O4. The monoisotopic (exact) mass is 252 g/mol. The number of rotatable bonds is 1. The third-order valence-corrected chi connectivity index (χ3v) is 2.92. The number of carbonyl (C=O) groups excluding carboxylic acids is 2. The fraction of sp³-hybridized carbons (Fsp3) is 0. The van der Waals surface area contributed by atoms with E-state index in [4.69, 9.17) is 4.42 Å². The van der Waals surface area contributed by atoms with E-state index in [-0.39, 0.29) is 28.1 Å². The summed E-state index contributed by atoms with van der Waals surface area (Å²) in [6.45, 7) is 0. The van der Waals surface area contributed by atoms with Crippen LogP contribution in [-0.2, 0) is 9.59 Å². The van der Waals surface area contributed by atoms with Gasteiger partial charge < -0.3 is 4.42 Å². The van der Waals surface area contributed by atoms with Crippen LogP contribution in [0.15, 0.2) is 58.0 Å². The number of fused-ring (bicyclic) bond motifs is 1. The standard InChI is InChI=1S/C15H8O4/c16-9-5-6-13(17)11(7-9)12-8-19-14-4-2-1-3-10(14)15(12)18/h1-8H. The molecule has 0 amide bonds. The van der Waals surface area contributed by atoms with Gasteiger partial charge in [-0.15, -0.1) is 0 Å². The SMILES string of the molecule is O=C1C=CC(=O)C(c2coc3ccccc3c2=O)=C1. The molecule has 1 aromatic heterocycles. The smallest absolute Gasteiger partial charge is 0.200 e. The van der Waals surface area contributed by atoms with Crippen LogP contribution >= 0.6 is 0 Å². The first-order valence-corrected chi connectivity index (χ1v) is 5.66. The van der Waals surface area contributed by atoms with Crippen LogP contribution in [0.3, 0.4) is 0 Å². The van der Waals surface area contributed by atoms with Crippen LogP contribution in [0.25, 0.3) is 16.5 Å². The first kappa shape index (κ1) is 11.3. The molecule has 0 aliphatic heterocycles. The van der Waals surface area contributed by atoms with Crippen LogP contribution in [-0.4, -0.2) is 11.6 Å². The predicted octanol–water partition coefficient (Wildman–Crippen LogP) is 1.88. The molecule has 0 atom stereocenters. The molecule has 1 aliphatic carbocycles. The topological polar surface area (TPSA) is 64.3 Å². The van der Waals surface area contributed by atoms with E-state index in [9.17, 15) is 14.4 Å². The molecule has 0 radical (unpaired) electrons. The zero-order valence-corrected chi connectivity index (χ0v) is 9.75. The summed E-state index contributed by atoms with van der Waals surface area (Å²) >= 11 is 0. The van der Waals surface area contributed by atoms with Gasteiger partial charge in [-0.25, -0.2) is 0 Å². The molecule has 19 heavy (non-hydrogen) atoms. The second-order valence-corrected chi connectivity index (χ2v) is 4.13. The Balaban J connectivity index is 2.27. The number of allylic oxidation sites excluding steroid dienone is 4. The van der Waals surface area contributed by atoms with E-state index in [1.807, 2.05) is 0 Å². The van der Waals surface area contributed by atoms with E-state index in [2.05, 4.69) is 0 Å². The summed E-state index contributed by atoms with van der Waals surface area (Å²) in [5.74, 6) is -0.690. The Hall–Kier alpha value is -2.75. The number of hydrogen-bond donors (Lipinski definition) is 0. The van der Waals surface area contributed by atoms with Gasteiger partial charge in [0.2, 0.25) is 5.43 Å². The van der Waals surface area contributed by atoms with Crippen molar-refractivity contribution in [3.63, 3.8) is 0 Å². The van der Waals surface area contributed by atoms with E-state index < -0.39 is 0 Å². The molecule has 0 fully saturated rings. The molecular weight excluding hydrogens is 244 g/mol. The largest absolute Gasteiger partial charge is 0.463 e. The minimum atomic E-state index is -0.373. The Morgan fingerprint density at radius 1 is 0.947 bits per heavy atom. The van der Waals surface area contributed by atoms with E-state index in [0.29, 0.717) is 11.0 Å². The summed E-state index contributed by atoms with van der Waals surface area (Å²) in [6.07, 6.45) is 4.71. The molecule has 0 saturated heterocycles. The fourth-order valence-electron chi connectivity index (χ4n) is 1.98. The van der Waals surface area contributed by atoms with Crippen LogP contribution in [0, 0.1) is 0 Å². The summed E-state index contributed by atoms with van der Waals surface area (Å²) in [5.41, 5.74) is 0.319. The van der Waals surface area contributed by atoms with Gasteiger partial charge in [0, 0.05) is 5.57 Å². The zero-order chi connectivity index (χ0) is 13.4. The maximum absolute atomic E-state index is 12.3. The van der Waals surface area contributed by atoms with Gasteiger partial charge in [-0.3, -0.25) is 14.4 Å². The van der Waals surface area contributed by atoms with E-state index in [1.54, 1.807) is 24.3 Å². The first-order chi connectivity index (χ1) is 9.16. The molecule has 1 aliphatic rings. The summed E-state index contributed by atoms with van der Waals surface area (Å²) in [5, 5.41) is 0.385. The Bertz CT molecular complexity index is 821. The minimum Gasteiger partial charge on any atom is -0.463 e.